The third-order valence-electron chi connectivity index (χ3n) is 6.84. The summed E-state index contributed by atoms with van der Waals surface area (Å²) in [5, 5.41) is 0. The van der Waals surface area contributed by atoms with Crippen molar-refractivity contribution in [2.75, 3.05) is 0 Å². The quantitative estimate of drug-likeness (QED) is 0.182. The standard InChI is InChI=1S/C36H29NO4/c38-35-33-31(37-34(29-19-11-4-12-20-29)36(35)41-25-28-17-9-3-10-18-28)21-30(39-23-26-13-5-1-6-14-26)22-32(33)40-24-27-15-7-2-8-16-27/h1-22,36H,23-25H2. The zero-order valence-electron chi connectivity index (χ0n) is 22.5. The fourth-order valence-electron chi connectivity index (χ4n) is 4.76. The first kappa shape index (κ1) is 26.2. The average molecular weight is 540 g/mol. The fraction of sp³-hybridized carbons (Fsp3) is 0.111. The summed E-state index contributed by atoms with van der Waals surface area (Å²) in [5.74, 6) is 0.800. The number of carbonyl (C=O) groups is 1. The Labute approximate surface area is 239 Å². The van der Waals surface area contributed by atoms with Crippen LogP contribution < -0.4 is 9.47 Å². The molecule has 1 heterocycles. The molecule has 0 saturated heterocycles. The number of hydrogen-bond acceptors (Lipinski definition) is 5. The number of Topliss-reactive ketones (excluding diaryl/α,β-unsaturated/α-hetero) is 1. The summed E-state index contributed by atoms with van der Waals surface area (Å²) in [6.07, 6.45) is -0.889. The molecule has 5 heteroatoms. The van der Waals surface area contributed by atoms with Crippen molar-refractivity contribution in [1.29, 1.82) is 0 Å². The van der Waals surface area contributed by atoms with Crippen molar-refractivity contribution in [3.63, 3.8) is 0 Å². The molecule has 0 radical (unpaired) electrons. The molecule has 0 spiro atoms. The van der Waals surface area contributed by atoms with Gasteiger partial charge < -0.3 is 14.2 Å². The van der Waals surface area contributed by atoms with Crippen LogP contribution in [0.15, 0.2) is 138 Å². The van der Waals surface area contributed by atoms with Gasteiger partial charge in [0.1, 0.15) is 24.7 Å². The monoisotopic (exact) mass is 539 g/mol. The number of hydrogen-bond donors (Lipinski definition) is 0. The van der Waals surface area contributed by atoms with Gasteiger partial charge in [-0.25, -0.2) is 4.99 Å². The molecule has 1 unspecified atom stereocenters. The van der Waals surface area contributed by atoms with Gasteiger partial charge >= 0.3 is 0 Å². The number of ketones is 1. The van der Waals surface area contributed by atoms with Crippen LogP contribution in [0.2, 0.25) is 0 Å². The molecule has 5 nitrogen and oxygen atoms in total. The molecule has 5 aromatic carbocycles. The number of benzene rings is 5. The van der Waals surface area contributed by atoms with Gasteiger partial charge in [0, 0.05) is 12.1 Å². The van der Waals surface area contributed by atoms with E-state index >= 15 is 0 Å². The Kier molecular flexibility index (Phi) is 7.97. The highest BCUT2D eigenvalue weighted by molar-refractivity contribution is 6.26. The van der Waals surface area contributed by atoms with E-state index < -0.39 is 6.10 Å². The van der Waals surface area contributed by atoms with Crippen LogP contribution in [0.5, 0.6) is 11.5 Å². The van der Waals surface area contributed by atoms with Crippen molar-refractivity contribution in [2.45, 2.75) is 25.9 Å². The summed E-state index contributed by atoms with van der Waals surface area (Å²) in [6, 6.07) is 42.9. The highest BCUT2D eigenvalue weighted by Crippen LogP contribution is 2.40. The normalized spacial score (nSPS) is 14.2. The number of nitrogens with zero attached hydrogens (tertiary/aromatic N) is 1. The van der Waals surface area contributed by atoms with Gasteiger partial charge in [-0.3, -0.25) is 4.79 Å². The maximum atomic E-state index is 14.2. The maximum absolute atomic E-state index is 14.2. The molecule has 1 aliphatic rings. The van der Waals surface area contributed by atoms with Gasteiger partial charge in [0.05, 0.1) is 23.6 Å². The SMILES string of the molecule is O=C1c2c(cc(OCc3ccccc3)cc2OCc2ccccc2)N=C(c2ccccc2)C1OCc1ccccc1. The van der Waals surface area contributed by atoms with Crippen LogP contribution in [0.1, 0.15) is 32.6 Å². The lowest BCUT2D eigenvalue weighted by atomic mass is 9.92. The highest BCUT2D eigenvalue weighted by Gasteiger charge is 2.36. The first-order valence-electron chi connectivity index (χ1n) is 13.6. The molecular weight excluding hydrogens is 510 g/mol. The maximum Gasteiger partial charge on any atom is 0.203 e. The van der Waals surface area contributed by atoms with Crippen LogP contribution in [0.4, 0.5) is 5.69 Å². The third-order valence-corrected chi connectivity index (χ3v) is 6.84. The second-order valence-electron chi connectivity index (χ2n) is 9.77. The summed E-state index contributed by atoms with van der Waals surface area (Å²) in [7, 11) is 0. The zero-order chi connectivity index (χ0) is 27.9. The summed E-state index contributed by atoms with van der Waals surface area (Å²) in [5.41, 5.74) is 5.29. The molecule has 0 aliphatic carbocycles. The van der Waals surface area contributed by atoms with Crippen LogP contribution in [0, 0.1) is 0 Å². The topological polar surface area (TPSA) is 57.1 Å². The van der Waals surface area contributed by atoms with Crippen LogP contribution in [-0.4, -0.2) is 17.6 Å². The number of ether oxygens (including phenoxy) is 3. The van der Waals surface area contributed by atoms with Gasteiger partial charge in [-0.15, -0.1) is 0 Å². The number of carbonyl (C=O) groups excluding carboxylic acids is 1. The van der Waals surface area contributed by atoms with E-state index in [-0.39, 0.29) is 12.4 Å². The second kappa shape index (κ2) is 12.5. The lowest BCUT2D eigenvalue weighted by Crippen LogP contribution is -2.36. The Bertz CT molecular complexity index is 1640. The van der Waals surface area contributed by atoms with Gasteiger partial charge in [-0.1, -0.05) is 121 Å². The smallest absolute Gasteiger partial charge is 0.203 e. The van der Waals surface area contributed by atoms with E-state index in [1.807, 2.05) is 127 Å². The van der Waals surface area contributed by atoms with E-state index in [1.165, 1.54) is 0 Å². The molecule has 41 heavy (non-hydrogen) atoms. The van der Waals surface area contributed by atoms with Gasteiger partial charge in [0.25, 0.3) is 0 Å². The molecule has 1 atom stereocenters. The minimum absolute atomic E-state index is 0.192. The number of aliphatic imine (C=N–C) groups is 1. The zero-order valence-corrected chi connectivity index (χ0v) is 22.5. The lowest BCUT2D eigenvalue weighted by molar-refractivity contribution is 0.0564. The van der Waals surface area contributed by atoms with Crippen molar-refractivity contribution in [1.82, 2.24) is 0 Å². The van der Waals surface area contributed by atoms with Gasteiger partial charge in [-0.2, -0.15) is 0 Å². The minimum Gasteiger partial charge on any atom is -0.489 e. The van der Waals surface area contributed by atoms with Crippen molar-refractivity contribution >= 4 is 17.2 Å². The molecule has 0 N–H and O–H groups in total. The summed E-state index contributed by atoms with van der Waals surface area (Å²) < 4.78 is 18.7. The summed E-state index contributed by atoms with van der Waals surface area (Å²) in [6.45, 7) is 0.953. The van der Waals surface area contributed by atoms with E-state index in [0.29, 0.717) is 41.7 Å². The number of fused-ring (bicyclic) bond motifs is 1. The largest absolute Gasteiger partial charge is 0.489 e. The first-order chi connectivity index (χ1) is 20.2. The van der Waals surface area contributed by atoms with E-state index in [1.54, 1.807) is 6.07 Å². The lowest BCUT2D eigenvalue weighted by Gasteiger charge is -2.26. The summed E-state index contributed by atoms with van der Waals surface area (Å²) in [4.78, 5) is 19.2. The van der Waals surface area contributed by atoms with Crippen LogP contribution in [0.25, 0.3) is 0 Å². The van der Waals surface area contributed by atoms with Crippen LogP contribution >= 0.6 is 0 Å². The van der Waals surface area contributed by atoms with Crippen molar-refractivity contribution in [3.05, 3.63) is 161 Å². The second-order valence-corrected chi connectivity index (χ2v) is 9.77. The number of rotatable bonds is 10. The molecule has 0 saturated carbocycles. The Morgan fingerprint density at radius 1 is 0.585 bits per heavy atom. The molecule has 0 aromatic heterocycles. The predicted octanol–water partition coefficient (Wildman–Crippen LogP) is 7.75. The third kappa shape index (κ3) is 6.26. The van der Waals surface area contributed by atoms with E-state index in [4.69, 9.17) is 19.2 Å². The molecule has 6 rings (SSSR count). The molecule has 0 bridgehead atoms. The van der Waals surface area contributed by atoms with Crippen LogP contribution in [0.3, 0.4) is 0 Å². The molecule has 1 aliphatic heterocycles. The molecule has 0 fully saturated rings. The Balaban J connectivity index is 1.39. The minimum atomic E-state index is -0.889. The Morgan fingerprint density at radius 3 is 1.68 bits per heavy atom. The predicted molar refractivity (Wildman–Crippen MR) is 160 cm³/mol. The van der Waals surface area contributed by atoms with Crippen molar-refractivity contribution < 1.29 is 19.0 Å². The van der Waals surface area contributed by atoms with Gasteiger partial charge in [0.2, 0.25) is 5.78 Å². The van der Waals surface area contributed by atoms with Crippen LogP contribution in [-0.2, 0) is 24.6 Å². The van der Waals surface area contributed by atoms with E-state index in [9.17, 15) is 4.79 Å². The van der Waals surface area contributed by atoms with Crippen molar-refractivity contribution in [2.24, 2.45) is 4.99 Å². The molecule has 202 valence electrons. The highest BCUT2D eigenvalue weighted by atomic mass is 16.5. The van der Waals surface area contributed by atoms with Gasteiger partial charge in [-0.05, 0) is 22.3 Å². The van der Waals surface area contributed by atoms with E-state index in [2.05, 4.69) is 0 Å². The molecule has 5 aromatic rings. The Hall–Kier alpha value is -5.00. The van der Waals surface area contributed by atoms with E-state index in [0.717, 1.165) is 22.3 Å². The average Bonchev–Trinajstić information content (AvgIpc) is 3.04. The molecular formula is C36H29NO4. The van der Waals surface area contributed by atoms with Crippen molar-refractivity contribution in [3.8, 4) is 11.5 Å². The fourth-order valence-corrected chi connectivity index (χ4v) is 4.76. The molecule has 0 amide bonds. The first-order valence-corrected chi connectivity index (χ1v) is 13.6. The Morgan fingerprint density at radius 2 is 1.10 bits per heavy atom. The van der Waals surface area contributed by atoms with Gasteiger partial charge in [0.15, 0.2) is 6.10 Å². The summed E-state index contributed by atoms with van der Waals surface area (Å²) >= 11 is 0.